The number of benzene rings is 2. The Morgan fingerprint density at radius 1 is 1.08 bits per heavy atom. The minimum Gasteiger partial charge on any atom is -0.403 e. The zero-order valence-electron chi connectivity index (χ0n) is 12.2. The zero-order valence-corrected chi connectivity index (χ0v) is 13.0. The number of amides is 1. The van der Waals surface area contributed by atoms with Crippen LogP contribution in [0.4, 0.5) is 14.8 Å². The Bertz CT molecular complexity index is 856. The van der Waals surface area contributed by atoms with Crippen molar-refractivity contribution in [2.45, 2.75) is 4.90 Å². The van der Waals surface area contributed by atoms with E-state index < -0.39 is 17.5 Å². The lowest BCUT2D eigenvalue weighted by Crippen LogP contribution is -2.14. The molecule has 1 N–H and O–H groups in total. The van der Waals surface area contributed by atoms with Crippen molar-refractivity contribution in [3.05, 3.63) is 60.2 Å². The van der Waals surface area contributed by atoms with E-state index in [2.05, 4.69) is 15.5 Å². The fourth-order valence-electron chi connectivity index (χ4n) is 1.84. The highest BCUT2D eigenvalue weighted by atomic mass is 32.2. The summed E-state index contributed by atoms with van der Waals surface area (Å²) >= 11 is 1.07. The van der Waals surface area contributed by atoms with Gasteiger partial charge in [0.05, 0.1) is 5.75 Å². The van der Waals surface area contributed by atoms with Gasteiger partial charge in [0.1, 0.15) is 0 Å². The molecule has 0 fully saturated rings. The Balaban J connectivity index is 1.57. The molecule has 1 heterocycles. The molecule has 1 aromatic heterocycles. The molecular weight excluding hydrogens is 336 g/mol. The minimum absolute atomic E-state index is 0.00583. The van der Waals surface area contributed by atoms with Crippen LogP contribution in [0, 0.1) is 11.6 Å². The third-order valence-corrected chi connectivity index (χ3v) is 3.95. The van der Waals surface area contributed by atoms with Gasteiger partial charge in [0.15, 0.2) is 11.6 Å². The first-order valence-electron chi connectivity index (χ1n) is 6.88. The van der Waals surface area contributed by atoms with Gasteiger partial charge in [-0.25, -0.2) is 8.78 Å². The first kappa shape index (κ1) is 16.1. The number of hydrogen-bond donors (Lipinski definition) is 1. The van der Waals surface area contributed by atoms with Crippen LogP contribution in [0.15, 0.2) is 57.8 Å². The van der Waals surface area contributed by atoms with Crippen LogP contribution in [0.2, 0.25) is 0 Å². The maximum Gasteiger partial charge on any atom is 0.322 e. The van der Waals surface area contributed by atoms with Crippen LogP contribution in [0.3, 0.4) is 0 Å². The lowest BCUT2D eigenvalue weighted by Gasteiger charge is -2.02. The van der Waals surface area contributed by atoms with Crippen molar-refractivity contribution in [3.8, 4) is 11.5 Å². The van der Waals surface area contributed by atoms with Gasteiger partial charge in [-0.15, -0.1) is 16.9 Å². The van der Waals surface area contributed by atoms with E-state index in [9.17, 15) is 13.6 Å². The number of nitrogens with zero attached hydrogens (tertiary/aromatic N) is 2. The normalized spacial score (nSPS) is 10.6. The molecule has 3 rings (SSSR count). The number of thioether (sulfide) groups is 1. The highest BCUT2D eigenvalue weighted by Crippen LogP contribution is 2.22. The number of aromatic nitrogens is 2. The van der Waals surface area contributed by atoms with Crippen molar-refractivity contribution in [2.75, 3.05) is 11.1 Å². The average molecular weight is 347 g/mol. The molecule has 0 bridgehead atoms. The molecule has 0 aliphatic rings. The van der Waals surface area contributed by atoms with E-state index in [1.54, 1.807) is 12.1 Å². The monoisotopic (exact) mass is 347 g/mol. The van der Waals surface area contributed by atoms with Gasteiger partial charge < -0.3 is 4.42 Å². The minimum atomic E-state index is -0.954. The van der Waals surface area contributed by atoms with Gasteiger partial charge in [0.2, 0.25) is 11.8 Å². The second kappa shape index (κ2) is 7.22. The van der Waals surface area contributed by atoms with E-state index in [1.807, 2.05) is 18.2 Å². The summed E-state index contributed by atoms with van der Waals surface area (Å²) in [5.41, 5.74) is 0.738. The summed E-state index contributed by atoms with van der Waals surface area (Å²) in [5, 5.41) is 10.1. The maximum absolute atomic E-state index is 13.1. The lowest BCUT2D eigenvalue weighted by molar-refractivity contribution is -0.113. The Kier molecular flexibility index (Phi) is 4.85. The zero-order chi connectivity index (χ0) is 16.9. The van der Waals surface area contributed by atoms with E-state index in [4.69, 9.17) is 4.42 Å². The molecule has 8 heteroatoms. The fraction of sp³-hybridized carbons (Fsp3) is 0.0625. The van der Waals surface area contributed by atoms with Gasteiger partial charge in [0.25, 0.3) is 0 Å². The Labute approximate surface area is 140 Å². The summed E-state index contributed by atoms with van der Waals surface area (Å²) < 4.78 is 31.3. The smallest absolute Gasteiger partial charge is 0.322 e. The third kappa shape index (κ3) is 3.96. The Morgan fingerprint density at radius 3 is 2.62 bits per heavy atom. The molecule has 0 atom stereocenters. The topological polar surface area (TPSA) is 68.0 Å². The number of carbonyl (C=O) groups is 1. The van der Waals surface area contributed by atoms with Gasteiger partial charge in [-0.05, 0) is 30.3 Å². The number of rotatable bonds is 5. The molecule has 2 aromatic carbocycles. The summed E-state index contributed by atoms with van der Waals surface area (Å²) in [6, 6.07) is 12.6. The van der Waals surface area contributed by atoms with Crippen LogP contribution < -0.4 is 5.32 Å². The first-order chi connectivity index (χ1) is 11.6. The fourth-order valence-corrected chi connectivity index (χ4v) is 2.56. The van der Waals surface area contributed by atoms with Crippen molar-refractivity contribution in [3.63, 3.8) is 0 Å². The van der Waals surface area contributed by atoms with E-state index >= 15 is 0 Å². The molecule has 0 aliphatic carbocycles. The largest absolute Gasteiger partial charge is 0.403 e. The molecule has 1 amide bonds. The van der Waals surface area contributed by atoms with Crippen LogP contribution in [0.5, 0.6) is 0 Å². The van der Waals surface area contributed by atoms with Crippen molar-refractivity contribution in [2.24, 2.45) is 0 Å². The quantitative estimate of drug-likeness (QED) is 0.712. The molecule has 0 spiro atoms. The molecule has 24 heavy (non-hydrogen) atoms. The van der Waals surface area contributed by atoms with Crippen LogP contribution >= 0.6 is 11.8 Å². The third-order valence-electron chi connectivity index (χ3n) is 2.95. The van der Waals surface area contributed by atoms with Gasteiger partial charge in [-0.2, -0.15) is 0 Å². The molecule has 122 valence electrons. The van der Waals surface area contributed by atoms with Gasteiger partial charge in [0, 0.05) is 10.5 Å². The summed E-state index contributed by atoms with van der Waals surface area (Å²) in [6.45, 7) is 0. The van der Waals surface area contributed by atoms with Crippen LogP contribution in [0.1, 0.15) is 0 Å². The van der Waals surface area contributed by atoms with Crippen molar-refractivity contribution < 1.29 is 18.0 Å². The second-order valence-electron chi connectivity index (χ2n) is 4.69. The molecule has 0 unspecified atom stereocenters. The Morgan fingerprint density at radius 2 is 1.88 bits per heavy atom. The molecule has 5 nitrogen and oxygen atoms in total. The van der Waals surface area contributed by atoms with E-state index in [0.29, 0.717) is 10.8 Å². The molecule has 0 saturated heterocycles. The highest BCUT2D eigenvalue weighted by Gasteiger charge is 2.12. The molecule has 0 aliphatic heterocycles. The average Bonchev–Trinajstić information content (AvgIpc) is 3.05. The van der Waals surface area contributed by atoms with Gasteiger partial charge >= 0.3 is 6.01 Å². The van der Waals surface area contributed by atoms with Crippen molar-refractivity contribution in [1.29, 1.82) is 0 Å². The van der Waals surface area contributed by atoms with E-state index in [1.165, 1.54) is 6.07 Å². The van der Waals surface area contributed by atoms with Crippen molar-refractivity contribution >= 4 is 23.7 Å². The molecule has 3 aromatic rings. The predicted octanol–water partition coefficient (Wildman–Crippen LogP) is 3.75. The number of carbonyl (C=O) groups excluding carboxylic acids is 1. The second-order valence-corrected chi connectivity index (χ2v) is 5.74. The van der Waals surface area contributed by atoms with Gasteiger partial charge in [-0.1, -0.05) is 23.3 Å². The summed E-state index contributed by atoms with van der Waals surface area (Å²) in [4.78, 5) is 12.3. The summed E-state index contributed by atoms with van der Waals surface area (Å²) in [6.07, 6.45) is 0. The molecule has 0 radical (unpaired) electrons. The number of anilines is 1. The van der Waals surface area contributed by atoms with Crippen molar-refractivity contribution in [1.82, 2.24) is 10.2 Å². The SMILES string of the molecule is O=C(CSc1ccc(F)c(F)c1)Nc1nnc(-c2ccccc2)o1. The first-order valence-corrected chi connectivity index (χ1v) is 7.87. The summed E-state index contributed by atoms with van der Waals surface area (Å²) in [7, 11) is 0. The number of nitrogens with one attached hydrogen (secondary N) is 1. The van der Waals surface area contributed by atoms with E-state index in [-0.39, 0.29) is 11.8 Å². The maximum atomic E-state index is 13.1. The van der Waals surface area contributed by atoms with E-state index in [0.717, 1.165) is 29.5 Å². The number of hydrogen-bond acceptors (Lipinski definition) is 5. The van der Waals surface area contributed by atoms with Crippen LogP contribution in [-0.4, -0.2) is 21.9 Å². The van der Waals surface area contributed by atoms with Gasteiger partial charge in [-0.3, -0.25) is 10.1 Å². The lowest BCUT2D eigenvalue weighted by atomic mass is 10.2. The Hall–Kier alpha value is -2.74. The van der Waals surface area contributed by atoms with Crippen LogP contribution in [-0.2, 0) is 4.79 Å². The molecular formula is C16H11F2N3O2S. The highest BCUT2D eigenvalue weighted by molar-refractivity contribution is 8.00. The van der Waals surface area contributed by atoms with Crippen LogP contribution in [0.25, 0.3) is 11.5 Å². The molecule has 0 saturated carbocycles. The standard InChI is InChI=1S/C16H11F2N3O2S/c17-12-7-6-11(8-13(12)18)24-9-14(22)19-16-21-20-15(23-16)10-4-2-1-3-5-10/h1-8H,9H2,(H,19,21,22). The summed E-state index contributed by atoms with van der Waals surface area (Å²) in [5.74, 6) is -1.99. The number of halogens is 2. The predicted molar refractivity (Wildman–Crippen MR) is 85.4 cm³/mol.